The summed E-state index contributed by atoms with van der Waals surface area (Å²) in [5.41, 5.74) is 4.13. The van der Waals surface area contributed by atoms with Gasteiger partial charge in [0, 0.05) is 30.6 Å². The number of benzene rings is 1. The smallest absolute Gasteiger partial charge is 0.410 e. The van der Waals surface area contributed by atoms with Crippen LogP contribution >= 0.6 is 0 Å². The average Bonchev–Trinajstić information content (AvgIpc) is 3.56. The Labute approximate surface area is 271 Å². The second kappa shape index (κ2) is 14.2. The van der Waals surface area contributed by atoms with Crippen molar-refractivity contribution in [3.8, 4) is 17.0 Å². The molecule has 2 saturated carbocycles. The number of ether oxygens (including phenoxy) is 2. The fraction of sp³-hybridized carbons (Fsp3) is 0.556. The van der Waals surface area contributed by atoms with Crippen LogP contribution in [0, 0.1) is 18.8 Å². The molecule has 2 aliphatic carbocycles. The number of anilines is 1. The summed E-state index contributed by atoms with van der Waals surface area (Å²) >= 11 is 0. The Balaban J connectivity index is 1.14. The third-order valence-corrected chi connectivity index (χ3v) is 10.0. The minimum atomic E-state index is -0.460. The van der Waals surface area contributed by atoms with Crippen LogP contribution in [0.3, 0.4) is 0 Å². The predicted octanol–water partition coefficient (Wildman–Crippen LogP) is 6.29. The maximum absolute atomic E-state index is 14.3. The molecule has 1 aliphatic heterocycles. The van der Waals surface area contributed by atoms with E-state index in [4.69, 9.17) is 18.9 Å². The van der Waals surface area contributed by atoms with Gasteiger partial charge in [-0.05, 0) is 99.5 Å². The Morgan fingerprint density at radius 2 is 1.80 bits per heavy atom. The molecule has 3 aliphatic rings. The summed E-state index contributed by atoms with van der Waals surface area (Å²) in [7, 11) is 1.71. The fourth-order valence-electron chi connectivity index (χ4n) is 7.19. The monoisotopic (exact) mass is 630 g/mol. The van der Waals surface area contributed by atoms with Crippen molar-refractivity contribution >= 4 is 17.8 Å². The maximum atomic E-state index is 14.3. The maximum Gasteiger partial charge on any atom is 0.410 e. The molecule has 46 heavy (non-hydrogen) atoms. The minimum Gasteiger partial charge on any atom is -0.496 e. The number of likely N-dealkylation sites (tertiary alicyclic amines) is 1. The van der Waals surface area contributed by atoms with E-state index in [0.717, 1.165) is 48.3 Å². The van der Waals surface area contributed by atoms with Gasteiger partial charge >= 0.3 is 6.09 Å². The zero-order chi connectivity index (χ0) is 32.2. The number of oxazole rings is 1. The van der Waals surface area contributed by atoms with Crippen molar-refractivity contribution in [3.63, 3.8) is 0 Å². The summed E-state index contributed by atoms with van der Waals surface area (Å²) in [5.74, 6) is 3.03. The summed E-state index contributed by atoms with van der Waals surface area (Å²) in [6.45, 7) is 5.36. The number of aliphatic hydroxyl groups is 1. The molecule has 0 bridgehead atoms. The normalized spacial score (nSPS) is 23.4. The highest BCUT2D eigenvalue weighted by atomic mass is 16.6. The van der Waals surface area contributed by atoms with Crippen molar-refractivity contribution in [2.75, 3.05) is 31.6 Å². The molecule has 3 heterocycles. The quantitative estimate of drug-likeness (QED) is 0.293. The van der Waals surface area contributed by atoms with Crippen molar-refractivity contribution in [2.45, 2.75) is 89.8 Å². The Hall–Kier alpha value is -3.92. The van der Waals surface area contributed by atoms with Crippen LogP contribution in [0.1, 0.15) is 81.2 Å². The molecule has 2 aromatic heterocycles. The molecular weight excluding hydrogens is 584 g/mol. The number of β-amino-alcohol motifs (C(OH)–C–C–N with tert-alkyl or cyclic N) is 1. The molecule has 0 radical (unpaired) electrons. The molecule has 0 spiro atoms. The number of hydrogen-bond donors (Lipinski definition) is 1. The predicted molar refractivity (Wildman–Crippen MR) is 174 cm³/mol. The van der Waals surface area contributed by atoms with E-state index in [-0.39, 0.29) is 24.0 Å². The lowest BCUT2D eigenvalue weighted by molar-refractivity contribution is -0.124. The molecule has 2 amide bonds. The molecule has 3 fully saturated rings. The molecule has 0 unspecified atom stereocenters. The molecule has 10 heteroatoms. The van der Waals surface area contributed by atoms with E-state index in [2.05, 4.69) is 30.1 Å². The van der Waals surface area contributed by atoms with Gasteiger partial charge in [0.2, 0.25) is 5.91 Å². The number of rotatable bonds is 9. The first kappa shape index (κ1) is 32.0. The van der Waals surface area contributed by atoms with Crippen molar-refractivity contribution < 1.29 is 28.6 Å². The van der Waals surface area contributed by atoms with Crippen molar-refractivity contribution in [2.24, 2.45) is 11.8 Å². The van der Waals surface area contributed by atoms with Gasteiger partial charge in [-0.25, -0.2) is 14.8 Å². The SMILES string of the molecule is CCc1nc(-c2ccnc(N(CC3CCC(c4ccc(OC)c(C)c4)CC3)C(=O)C3CCC(OC(=O)N4CC(O)C4)CC3)c2)co1. The largest absolute Gasteiger partial charge is 0.496 e. The first-order valence-corrected chi connectivity index (χ1v) is 16.8. The fourth-order valence-corrected chi connectivity index (χ4v) is 7.19. The van der Waals surface area contributed by atoms with E-state index in [1.165, 1.54) is 10.5 Å². The molecular formula is C36H46N4O6. The number of hydrogen-bond acceptors (Lipinski definition) is 8. The second-order valence-electron chi connectivity index (χ2n) is 13.2. The van der Waals surface area contributed by atoms with Crippen molar-refractivity contribution in [3.05, 3.63) is 59.8 Å². The van der Waals surface area contributed by atoms with Crippen LogP contribution in [0.2, 0.25) is 0 Å². The van der Waals surface area contributed by atoms with Gasteiger partial charge in [0.15, 0.2) is 5.89 Å². The molecule has 0 atom stereocenters. The Morgan fingerprint density at radius 1 is 1.04 bits per heavy atom. The Bertz CT molecular complexity index is 1500. The summed E-state index contributed by atoms with van der Waals surface area (Å²) in [6, 6.07) is 10.4. The topological polar surface area (TPSA) is 118 Å². The third kappa shape index (κ3) is 7.22. The minimum absolute atomic E-state index is 0.0857. The lowest BCUT2D eigenvalue weighted by Gasteiger charge is -2.38. The number of methoxy groups -OCH3 is 1. The van der Waals surface area contributed by atoms with Gasteiger partial charge in [-0.15, -0.1) is 0 Å². The number of carbonyl (C=O) groups excluding carboxylic acids is 2. The van der Waals surface area contributed by atoms with E-state index >= 15 is 0 Å². The second-order valence-corrected chi connectivity index (χ2v) is 13.2. The Kier molecular flexibility index (Phi) is 9.92. The van der Waals surface area contributed by atoms with Gasteiger partial charge in [-0.3, -0.25) is 9.69 Å². The number of nitrogens with zero attached hydrogens (tertiary/aromatic N) is 4. The number of aliphatic hydroxyl groups excluding tert-OH is 1. The van der Waals surface area contributed by atoms with E-state index in [1.807, 2.05) is 24.0 Å². The molecule has 1 aromatic carbocycles. The first-order valence-electron chi connectivity index (χ1n) is 16.8. The summed E-state index contributed by atoms with van der Waals surface area (Å²) in [4.78, 5) is 39.4. The van der Waals surface area contributed by atoms with Gasteiger partial charge < -0.3 is 23.9 Å². The van der Waals surface area contributed by atoms with Crippen LogP contribution in [0.4, 0.5) is 10.6 Å². The molecule has 246 valence electrons. The van der Waals surface area contributed by atoms with Gasteiger partial charge in [-0.1, -0.05) is 19.1 Å². The number of amides is 2. The van der Waals surface area contributed by atoms with Crippen molar-refractivity contribution in [1.82, 2.24) is 14.9 Å². The number of aryl methyl sites for hydroxylation is 2. The van der Waals surface area contributed by atoms with Gasteiger partial charge in [0.25, 0.3) is 0 Å². The van der Waals surface area contributed by atoms with E-state index in [9.17, 15) is 14.7 Å². The highest BCUT2D eigenvalue weighted by Crippen LogP contribution is 2.39. The Morgan fingerprint density at radius 3 is 2.46 bits per heavy atom. The summed E-state index contributed by atoms with van der Waals surface area (Å²) < 4.78 is 16.8. The van der Waals surface area contributed by atoms with Gasteiger partial charge in [-0.2, -0.15) is 0 Å². The zero-order valence-electron chi connectivity index (χ0n) is 27.2. The van der Waals surface area contributed by atoms with E-state index in [1.54, 1.807) is 19.6 Å². The number of carbonyl (C=O) groups is 2. The highest BCUT2D eigenvalue weighted by Gasteiger charge is 2.36. The van der Waals surface area contributed by atoms with Crippen LogP contribution in [-0.4, -0.2) is 70.9 Å². The molecule has 1 saturated heterocycles. The van der Waals surface area contributed by atoms with Crippen LogP contribution < -0.4 is 9.64 Å². The van der Waals surface area contributed by atoms with Crippen LogP contribution in [0.25, 0.3) is 11.3 Å². The average molecular weight is 631 g/mol. The van der Waals surface area contributed by atoms with Crippen LogP contribution in [-0.2, 0) is 16.0 Å². The molecule has 6 rings (SSSR count). The molecule has 10 nitrogen and oxygen atoms in total. The summed E-state index contributed by atoms with van der Waals surface area (Å²) in [6.07, 6.45) is 9.91. The van der Waals surface area contributed by atoms with Gasteiger partial charge in [0.05, 0.1) is 26.3 Å². The molecule has 3 aromatic rings. The van der Waals surface area contributed by atoms with Crippen LogP contribution in [0.5, 0.6) is 5.75 Å². The van der Waals surface area contributed by atoms with Crippen molar-refractivity contribution in [1.29, 1.82) is 0 Å². The van der Waals surface area contributed by atoms with E-state index in [0.29, 0.717) is 75.3 Å². The number of pyridine rings is 1. The van der Waals surface area contributed by atoms with Gasteiger partial charge in [0.1, 0.15) is 29.6 Å². The zero-order valence-corrected chi connectivity index (χ0v) is 27.2. The lowest BCUT2D eigenvalue weighted by Crippen LogP contribution is -2.54. The van der Waals surface area contributed by atoms with E-state index < -0.39 is 6.10 Å². The summed E-state index contributed by atoms with van der Waals surface area (Å²) in [5, 5.41) is 9.51. The highest BCUT2D eigenvalue weighted by molar-refractivity contribution is 5.94. The number of aromatic nitrogens is 2. The first-order chi connectivity index (χ1) is 22.3. The standard InChI is InChI=1S/C36H46N4O6/c1-4-34-38-31(22-45-34)28-15-16-37-33(18-28)40(19-24-5-7-25(8-6-24)27-11-14-32(44-3)23(2)17-27)35(42)26-9-12-30(13-10-26)46-36(43)39-20-29(41)21-39/h11,14-18,22,24-26,29-30,41H,4-10,12-13,19-21H2,1-3H3. The molecule has 1 N–H and O–H groups in total. The van der Waals surface area contributed by atoms with Crippen LogP contribution in [0.15, 0.2) is 47.2 Å². The lowest BCUT2D eigenvalue weighted by atomic mass is 9.78. The third-order valence-electron chi connectivity index (χ3n) is 10.0.